The highest BCUT2D eigenvalue weighted by atomic mass is 35.5. The molecule has 6 heteroatoms. The number of hydrogen-bond acceptors (Lipinski definition) is 2. The largest absolute Gasteiger partial charge is 0.348 e. The fourth-order valence-corrected chi connectivity index (χ4v) is 1.70. The van der Waals surface area contributed by atoms with Gasteiger partial charge in [-0.2, -0.15) is 0 Å². The molecule has 0 bridgehead atoms. The normalized spacial score (nSPS) is 10.2. The smallest absolute Gasteiger partial charge is 0.230 e. The van der Waals surface area contributed by atoms with Crippen molar-refractivity contribution in [1.29, 1.82) is 0 Å². The quantitative estimate of drug-likeness (QED) is 0.900. The van der Waals surface area contributed by atoms with Crippen molar-refractivity contribution in [2.45, 2.75) is 6.42 Å². The molecule has 0 atom stereocenters. The number of hydrogen-bond donors (Lipinski definition) is 2. The molecule has 4 nitrogen and oxygen atoms in total. The number of carbonyl (C=O) groups is 1. The molecule has 2 aromatic rings. The van der Waals surface area contributed by atoms with Crippen LogP contribution in [0.2, 0.25) is 10.0 Å². The van der Waals surface area contributed by atoms with E-state index in [1.807, 2.05) is 0 Å². The van der Waals surface area contributed by atoms with Gasteiger partial charge in [0, 0.05) is 11.9 Å². The highest BCUT2D eigenvalue weighted by Crippen LogP contribution is 2.29. The summed E-state index contributed by atoms with van der Waals surface area (Å²) < 4.78 is 0. The number of aromatic nitrogens is 2. The van der Waals surface area contributed by atoms with E-state index in [2.05, 4.69) is 15.3 Å². The van der Waals surface area contributed by atoms with Gasteiger partial charge in [0.15, 0.2) is 0 Å². The third-order valence-corrected chi connectivity index (χ3v) is 2.95. The predicted octanol–water partition coefficient (Wildman–Crippen LogP) is 2.90. The van der Waals surface area contributed by atoms with E-state index in [-0.39, 0.29) is 12.3 Å². The van der Waals surface area contributed by atoms with Crippen LogP contribution < -0.4 is 5.32 Å². The minimum atomic E-state index is -0.182. The van der Waals surface area contributed by atoms with Gasteiger partial charge in [-0.05, 0) is 12.1 Å². The van der Waals surface area contributed by atoms with Gasteiger partial charge in [-0.3, -0.25) is 4.79 Å². The van der Waals surface area contributed by atoms with E-state index in [9.17, 15) is 4.79 Å². The van der Waals surface area contributed by atoms with Crippen LogP contribution in [0.15, 0.2) is 30.7 Å². The number of nitrogens with one attached hydrogen (secondary N) is 2. The number of amides is 1. The molecule has 88 valence electrons. The lowest BCUT2D eigenvalue weighted by Crippen LogP contribution is -2.14. The first kappa shape index (κ1) is 12.0. The fraction of sp³-hybridized carbons (Fsp3) is 0.0909. The molecule has 0 radical (unpaired) electrons. The van der Waals surface area contributed by atoms with E-state index >= 15 is 0 Å². The van der Waals surface area contributed by atoms with Crippen LogP contribution in [0.5, 0.6) is 0 Å². The zero-order valence-electron chi connectivity index (χ0n) is 8.71. The molecule has 0 fully saturated rings. The number of anilines is 1. The highest BCUT2D eigenvalue weighted by Gasteiger charge is 2.09. The zero-order chi connectivity index (χ0) is 12.3. The minimum absolute atomic E-state index is 0.182. The van der Waals surface area contributed by atoms with Gasteiger partial charge in [-0.15, -0.1) is 0 Å². The van der Waals surface area contributed by atoms with Crippen molar-refractivity contribution in [3.8, 4) is 0 Å². The zero-order valence-corrected chi connectivity index (χ0v) is 10.2. The van der Waals surface area contributed by atoms with Gasteiger partial charge in [0.1, 0.15) is 0 Å². The second-order valence-corrected chi connectivity index (χ2v) is 4.19. The first-order valence-electron chi connectivity index (χ1n) is 4.88. The molecule has 0 aliphatic heterocycles. The topological polar surface area (TPSA) is 57.8 Å². The number of carbonyl (C=O) groups excluding carboxylic acids is 1. The molecule has 2 rings (SSSR count). The Labute approximate surface area is 108 Å². The Balaban J connectivity index is 2.06. The van der Waals surface area contributed by atoms with Crippen LogP contribution in [-0.4, -0.2) is 15.9 Å². The predicted molar refractivity (Wildman–Crippen MR) is 67.4 cm³/mol. The number of benzene rings is 1. The van der Waals surface area contributed by atoms with E-state index in [0.29, 0.717) is 15.7 Å². The summed E-state index contributed by atoms with van der Waals surface area (Å²) in [6, 6.07) is 5.08. The Kier molecular flexibility index (Phi) is 3.66. The van der Waals surface area contributed by atoms with E-state index in [0.717, 1.165) is 5.69 Å². The second-order valence-electron chi connectivity index (χ2n) is 3.40. The second kappa shape index (κ2) is 5.21. The lowest BCUT2D eigenvalue weighted by molar-refractivity contribution is -0.115. The van der Waals surface area contributed by atoms with Crippen LogP contribution in [-0.2, 0) is 11.2 Å². The number of rotatable bonds is 3. The molecular formula is C11H9Cl2N3O. The Bertz CT molecular complexity index is 526. The SMILES string of the molecule is O=C(Cc1cnc[nH]1)Nc1cccc(Cl)c1Cl. The van der Waals surface area contributed by atoms with Crippen molar-refractivity contribution in [1.82, 2.24) is 9.97 Å². The average Bonchev–Trinajstić information content (AvgIpc) is 2.77. The van der Waals surface area contributed by atoms with Crippen LogP contribution in [0.25, 0.3) is 0 Å². The first-order valence-corrected chi connectivity index (χ1v) is 5.63. The van der Waals surface area contributed by atoms with Gasteiger partial charge >= 0.3 is 0 Å². The molecule has 0 unspecified atom stereocenters. The summed E-state index contributed by atoms with van der Waals surface area (Å²) in [5.41, 5.74) is 1.24. The number of imidazole rings is 1. The van der Waals surface area contributed by atoms with Crippen molar-refractivity contribution in [3.05, 3.63) is 46.5 Å². The van der Waals surface area contributed by atoms with Crippen molar-refractivity contribution < 1.29 is 4.79 Å². The summed E-state index contributed by atoms with van der Waals surface area (Å²) in [5, 5.41) is 3.43. The van der Waals surface area contributed by atoms with Gasteiger partial charge in [-0.25, -0.2) is 4.98 Å². The van der Waals surface area contributed by atoms with Gasteiger partial charge < -0.3 is 10.3 Å². The highest BCUT2D eigenvalue weighted by molar-refractivity contribution is 6.43. The summed E-state index contributed by atoms with van der Waals surface area (Å²) in [6.07, 6.45) is 3.33. The fourth-order valence-electron chi connectivity index (χ4n) is 1.35. The summed E-state index contributed by atoms with van der Waals surface area (Å²) in [5.74, 6) is -0.182. The summed E-state index contributed by atoms with van der Waals surface area (Å²) >= 11 is 11.8. The number of H-pyrrole nitrogens is 1. The summed E-state index contributed by atoms with van der Waals surface area (Å²) in [6.45, 7) is 0. The molecule has 1 aromatic carbocycles. The van der Waals surface area contributed by atoms with Gasteiger partial charge in [-0.1, -0.05) is 29.3 Å². The van der Waals surface area contributed by atoms with Crippen LogP contribution in [0.3, 0.4) is 0 Å². The summed E-state index contributed by atoms with van der Waals surface area (Å²) in [4.78, 5) is 18.4. The van der Waals surface area contributed by atoms with E-state index < -0.39 is 0 Å². The maximum Gasteiger partial charge on any atom is 0.230 e. The van der Waals surface area contributed by atoms with Crippen LogP contribution in [0.4, 0.5) is 5.69 Å². The molecule has 1 aromatic heterocycles. The lowest BCUT2D eigenvalue weighted by atomic mass is 10.3. The van der Waals surface area contributed by atoms with Crippen molar-refractivity contribution in [2.75, 3.05) is 5.32 Å². The molecule has 1 amide bonds. The maximum atomic E-state index is 11.7. The molecule has 1 heterocycles. The van der Waals surface area contributed by atoms with Gasteiger partial charge in [0.05, 0.1) is 28.5 Å². The molecule has 0 aliphatic carbocycles. The Morgan fingerprint density at radius 1 is 1.41 bits per heavy atom. The molecule has 0 spiro atoms. The van der Waals surface area contributed by atoms with Crippen LogP contribution in [0, 0.1) is 0 Å². The van der Waals surface area contributed by atoms with E-state index in [4.69, 9.17) is 23.2 Å². The number of aromatic amines is 1. The van der Waals surface area contributed by atoms with Crippen molar-refractivity contribution >= 4 is 34.8 Å². The van der Waals surface area contributed by atoms with Gasteiger partial charge in [0.2, 0.25) is 5.91 Å². The summed E-state index contributed by atoms with van der Waals surface area (Å²) in [7, 11) is 0. The van der Waals surface area contributed by atoms with E-state index in [1.165, 1.54) is 6.33 Å². The van der Waals surface area contributed by atoms with Crippen molar-refractivity contribution in [3.63, 3.8) is 0 Å². The first-order chi connectivity index (χ1) is 8.16. The maximum absolute atomic E-state index is 11.7. The third-order valence-electron chi connectivity index (χ3n) is 2.13. The molecule has 0 aliphatic rings. The third kappa shape index (κ3) is 2.99. The Morgan fingerprint density at radius 2 is 2.24 bits per heavy atom. The molecule has 2 N–H and O–H groups in total. The molecule has 0 saturated heterocycles. The minimum Gasteiger partial charge on any atom is -0.348 e. The van der Waals surface area contributed by atoms with Crippen LogP contribution in [0.1, 0.15) is 5.69 Å². The molecule has 0 saturated carbocycles. The number of nitrogens with zero attached hydrogens (tertiary/aromatic N) is 1. The number of halogens is 2. The van der Waals surface area contributed by atoms with Gasteiger partial charge in [0.25, 0.3) is 0 Å². The van der Waals surface area contributed by atoms with Crippen molar-refractivity contribution in [2.24, 2.45) is 0 Å². The lowest BCUT2D eigenvalue weighted by Gasteiger charge is -2.07. The molecule has 17 heavy (non-hydrogen) atoms. The standard InChI is InChI=1S/C11H9Cl2N3O/c12-8-2-1-3-9(11(8)13)16-10(17)4-7-5-14-6-15-7/h1-3,5-6H,4H2,(H,14,15)(H,16,17). The Morgan fingerprint density at radius 3 is 2.94 bits per heavy atom. The Hall–Kier alpha value is -1.52. The van der Waals surface area contributed by atoms with Crippen LogP contribution >= 0.6 is 23.2 Å². The average molecular weight is 270 g/mol. The van der Waals surface area contributed by atoms with E-state index in [1.54, 1.807) is 24.4 Å². The monoisotopic (exact) mass is 269 g/mol. The molecular weight excluding hydrogens is 261 g/mol.